The molecule has 1 aromatic rings. The highest BCUT2D eigenvalue weighted by Crippen LogP contribution is 2.31. The van der Waals surface area contributed by atoms with E-state index in [0.717, 1.165) is 32.1 Å². The Morgan fingerprint density at radius 1 is 1.30 bits per heavy atom. The number of aromatic nitrogens is 2. The van der Waals surface area contributed by atoms with Crippen LogP contribution in [0.2, 0.25) is 0 Å². The molecule has 33 heavy (non-hydrogen) atoms. The monoisotopic (exact) mass is 465 g/mol. The quantitative estimate of drug-likeness (QED) is 0.258. The summed E-state index contributed by atoms with van der Waals surface area (Å²) in [6.07, 6.45) is 6.55. The SMILES string of the molecule is CCc1nc(NNC(=O)[C@@H](CC2CCCC2)CN(O)C=O)c(F)c(N2CC[C@H](N(C)C)C2)n1. The average Bonchev–Trinajstić information content (AvgIpc) is 3.50. The zero-order valence-corrected chi connectivity index (χ0v) is 19.8. The maximum Gasteiger partial charge on any atom is 0.243 e. The second-order valence-corrected chi connectivity index (χ2v) is 9.26. The summed E-state index contributed by atoms with van der Waals surface area (Å²) in [4.78, 5) is 36.4. The number of carbonyl (C=O) groups excluding carboxylic acids is 2. The predicted octanol–water partition coefficient (Wildman–Crippen LogP) is 1.81. The first-order chi connectivity index (χ1) is 15.8. The van der Waals surface area contributed by atoms with Crippen molar-refractivity contribution in [2.45, 2.75) is 57.9 Å². The fraction of sp³-hybridized carbons (Fsp3) is 0.727. The molecule has 1 saturated carbocycles. The van der Waals surface area contributed by atoms with Crippen LogP contribution < -0.4 is 15.8 Å². The number of carbonyl (C=O) groups is 2. The van der Waals surface area contributed by atoms with Gasteiger partial charge in [-0.1, -0.05) is 32.6 Å². The fourth-order valence-corrected chi connectivity index (χ4v) is 4.69. The average molecular weight is 466 g/mol. The molecule has 2 fully saturated rings. The molecule has 0 bridgehead atoms. The summed E-state index contributed by atoms with van der Waals surface area (Å²) < 4.78 is 15.3. The van der Waals surface area contributed by atoms with Gasteiger partial charge in [0.1, 0.15) is 5.82 Å². The number of hydrogen-bond donors (Lipinski definition) is 3. The smallest absolute Gasteiger partial charge is 0.243 e. The summed E-state index contributed by atoms with van der Waals surface area (Å²) in [7, 11) is 4.01. The Hall–Kier alpha value is -2.53. The van der Waals surface area contributed by atoms with E-state index in [1.807, 2.05) is 25.9 Å². The van der Waals surface area contributed by atoms with Crippen molar-refractivity contribution >= 4 is 24.0 Å². The van der Waals surface area contributed by atoms with Crippen LogP contribution in [-0.4, -0.2) is 77.2 Å². The number of anilines is 2. The van der Waals surface area contributed by atoms with Gasteiger partial charge in [-0.25, -0.2) is 15.0 Å². The Labute approximate surface area is 194 Å². The molecule has 3 N–H and O–H groups in total. The first-order valence-corrected chi connectivity index (χ1v) is 11.8. The number of likely N-dealkylation sites (N-methyl/N-ethyl adjacent to an activating group) is 1. The highest BCUT2D eigenvalue weighted by Gasteiger charge is 2.30. The second kappa shape index (κ2) is 11.6. The van der Waals surface area contributed by atoms with E-state index in [1.54, 1.807) is 0 Å². The second-order valence-electron chi connectivity index (χ2n) is 9.26. The zero-order valence-electron chi connectivity index (χ0n) is 19.8. The molecule has 1 aliphatic carbocycles. The Bertz CT molecular complexity index is 819. The lowest BCUT2D eigenvalue weighted by atomic mass is 9.92. The molecule has 184 valence electrons. The van der Waals surface area contributed by atoms with Crippen LogP contribution in [0, 0.1) is 17.7 Å². The molecule has 1 saturated heterocycles. The van der Waals surface area contributed by atoms with Gasteiger partial charge < -0.3 is 9.80 Å². The third-order valence-electron chi connectivity index (χ3n) is 6.69. The van der Waals surface area contributed by atoms with Gasteiger partial charge in [-0.3, -0.25) is 25.6 Å². The van der Waals surface area contributed by atoms with Gasteiger partial charge in [-0.05, 0) is 32.9 Å². The van der Waals surface area contributed by atoms with Gasteiger partial charge in [0.25, 0.3) is 0 Å². The molecule has 2 amide bonds. The van der Waals surface area contributed by atoms with Gasteiger partial charge in [0.15, 0.2) is 11.6 Å². The minimum absolute atomic E-state index is 0.0886. The lowest BCUT2D eigenvalue weighted by molar-refractivity contribution is -0.154. The number of aryl methyl sites for hydroxylation is 1. The molecule has 11 heteroatoms. The maximum atomic E-state index is 15.3. The summed E-state index contributed by atoms with van der Waals surface area (Å²) in [5, 5.41) is 10.1. The van der Waals surface area contributed by atoms with Crippen LogP contribution in [0.1, 0.15) is 51.3 Å². The van der Waals surface area contributed by atoms with Gasteiger partial charge >= 0.3 is 0 Å². The van der Waals surface area contributed by atoms with E-state index in [2.05, 4.69) is 25.7 Å². The molecule has 0 spiro atoms. The number of hydrazine groups is 1. The number of halogens is 1. The van der Waals surface area contributed by atoms with E-state index in [0.29, 0.717) is 48.8 Å². The molecule has 0 aromatic carbocycles. The minimum atomic E-state index is -0.620. The Kier molecular flexibility index (Phi) is 8.79. The van der Waals surface area contributed by atoms with Gasteiger partial charge in [0.05, 0.1) is 12.5 Å². The number of hydrogen-bond acceptors (Lipinski definition) is 8. The predicted molar refractivity (Wildman–Crippen MR) is 122 cm³/mol. The standard InChI is InChI=1S/C22H36FN7O3/c1-4-18-24-20(19(23)21(25-18)29-10-9-17(13-29)28(2)3)26-27-22(32)16(12-30(33)14-31)11-15-7-5-6-8-15/h14-17,33H,4-13H2,1-3H3,(H,27,32)(H,24,25,26)/t16-,17-/m0/s1. The van der Waals surface area contributed by atoms with Crippen molar-refractivity contribution in [3.63, 3.8) is 0 Å². The van der Waals surface area contributed by atoms with E-state index >= 15 is 4.39 Å². The van der Waals surface area contributed by atoms with Crippen LogP contribution in [0.25, 0.3) is 0 Å². The molecular formula is C22H36FN7O3. The van der Waals surface area contributed by atoms with E-state index in [9.17, 15) is 14.8 Å². The van der Waals surface area contributed by atoms with Gasteiger partial charge in [-0.2, -0.15) is 4.39 Å². The van der Waals surface area contributed by atoms with Crippen LogP contribution in [0.3, 0.4) is 0 Å². The molecule has 1 aliphatic heterocycles. The highest BCUT2D eigenvalue weighted by molar-refractivity contribution is 5.80. The van der Waals surface area contributed by atoms with Crippen molar-refractivity contribution in [1.82, 2.24) is 25.4 Å². The molecule has 10 nitrogen and oxygen atoms in total. The topological polar surface area (TPSA) is 114 Å². The molecule has 0 unspecified atom stereocenters. The van der Waals surface area contributed by atoms with Crippen LogP contribution in [-0.2, 0) is 16.0 Å². The molecule has 2 aliphatic rings. The van der Waals surface area contributed by atoms with E-state index in [1.165, 1.54) is 0 Å². The molecular weight excluding hydrogens is 429 g/mol. The Morgan fingerprint density at radius 3 is 2.64 bits per heavy atom. The summed E-state index contributed by atoms with van der Waals surface area (Å²) in [6, 6.07) is 0.316. The van der Waals surface area contributed by atoms with Crippen molar-refractivity contribution in [1.29, 1.82) is 0 Å². The first kappa shape index (κ1) is 25.1. The molecule has 0 radical (unpaired) electrons. The summed E-state index contributed by atoms with van der Waals surface area (Å²) in [5.74, 6) is -0.672. The summed E-state index contributed by atoms with van der Waals surface area (Å²) in [6.45, 7) is 3.12. The Morgan fingerprint density at radius 2 is 2.03 bits per heavy atom. The number of hydroxylamine groups is 2. The molecule has 2 atom stereocenters. The van der Waals surface area contributed by atoms with Crippen LogP contribution in [0.4, 0.5) is 16.0 Å². The number of amides is 2. The third-order valence-corrected chi connectivity index (χ3v) is 6.69. The van der Waals surface area contributed by atoms with Crippen molar-refractivity contribution in [2.24, 2.45) is 11.8 Å². The lowest BCUT2D eigenvalue weighted by Gasteiger charge is -2.24. The molecule has 1 aromatic heterocycles. The van der Waals surface area contributed by atoms with Gasteiger partial charge in [0.2, 0.25) is 18.1 Å². The van der Waals surface area contributed by atoms with Crippen molar-refractivity contribution in [2.75, 3.05) is 44.1 Å². The normalized spacial score (nSPS) is 19.7. The van der Waals surface area contributed by atoms with Crippen molar-refractivity contribution < 1.29 is 19.2 Å². The first-order valence-electron chi connectivity index (χ1n) is 11.8. The third kappa shape index (κ3) is 6.50. The van der Waals surface area contributed by atoms with Crippen LogP contribution >= 0.6 is 0 Å². The number of rotatable bonds is 11. The molecule has 3 rings (SSSR count). The van der Waals surface area contributed by atoms with Gasteiger partial charge in [0, 0.05) is 25.6 Å². The lowest BCUT2D eigenvalue weighted by Crippen LogP contribution is -2.41. The van der Waals surface area contributed by atoms with Crippen molar-refractivity contribution in [3.05, 3.63) is 11.6 Å². The largest absolute Gasteiger partial charge is 0.352 e. The number of nitrogens with zero attached hydrogens (tertiary/aromatic N) is 5. The fourth-order valence-electron chi connectivity index (χ4n) is 4.69. The zero-order chi connectivity index (χ0) is 24.0. The van der Waals surface area contributed by atoms with Crippen LogP contribution in [0.5, 0.6) is 0 Å². The Balaban J connectivity index is 1.71. The summed E-state index contributed by atoms with van der Waals surface area (Å²) >= 11 is 0. The van der Waals surface area contributed by atoms with Crippen molar-refractivity contribution in [3.8, 4) is 0 Å². The van der Waals surface area contributed by atoms with Crippen LogP contribution in [0.15, 0.2) is 0 Å². The van der Waals surface area contributed by atoms with E-state index in [-0.39, 0.29) is 24.6 Å². The maximum absolute atomic E-state index is 15.3. The molecule has 2 heterocycles. The summed E-state index contributed by atoms with van der Waals surface area (Å²) in [5.41, 5.74) is 5.17. The highest BCUT2D eigenvalue weighted by atomic mass is 19.1. The van der Waals surface area contributed by atoms with E-state index < -0.39 is 17.6 Å². The van der Waals surface area contributed by atoms with Gasteiger partial charge in [-0.15, -0.1) is 0 Å². The van der Waals surface area contributed by atoms with E-state index in [4.69, 9.17) is 0 Å². The minimum Gasteiger partial charge on any atom is -0.352 e. The number of nitrogens with one attached hydrogen (secondary N) is 2.